The van der Waals surface area contributed by atoms with Gasteiger partial charge in [-0.05, 0) is 12.8 Å². The lowest BCUT2D eigenvalue weighted by Gasteiger charge is -2.40. The van der Waals surface area contributed by atoms with Gasteiger partial charge in [-0.25, -0.2) is 21.6 Å². The quantitative estimate of drug-likeness (QED) is 0.842. The molecule has 1 N–H and O–H groups in total. The first-order valence-electron chi connectivity index (χ1n) is 7.95. The zero-order valence-corrected chi connectivity index (χ0v) is 14.2. The first-order chi connectivity index (χ1) is 11.8. The van der Waals surface area contributed by atoms with Crippen LogP contribution in [0.15, 0.2) is 17.0 Å². The highest BCUT2D eigenvalue weighted by atomic mass is 32.2. The minimum Gasteiger partial charge on any atom is -0.336 e. The van der Waals surface area contributed by atoms with Gasteiger partial charge in [0, 0.05) is 44.4 Å². The van der Waals surface area contributed by atoms with E-state index in [4.69, 9.17) is 0 Å². The number of hydrogen-bond donors (Lipinski definition) is 1. The van der Waals surface area contributed by atoms with Crippen molar-refractivity contribution < 1.29 is 26.4 Å². The Morgan fingerprint density at radius 2 is 1.80 bits per heavy atom. The summed E-state index contributed by atoms with van der Waals surface area (Å²) in [6.07, 6.45) is 1.08. The molecule has 2 saturated heterocycles. The fraction of sp³-hybridized carbons (Fsp3) is 0.533. The number of rotatable bonds is 3. The molecule has 1 unspecified atom stereocenters. The zero-order valence-electron chi connectivity index (χ0n) is 13.3. The van der Waals surface area contributed by atoms with Crippen LogP contribution in [0, 0.1) is 17.5 Å². The Balaban J connectivity index is 1.86. The molecule has 2 heterocycles. The van der Waals surface area contributed by atoms with Crippen LogP contribution in [0.25, 0.3) is 0 Å². The van der Waals surface area contributed by atoms with Crippen molar-refractivity contribution in [2.45, 2.75) is 23.8 Å². The van der Waals surface area contributed by atoms with Crippen LogP contribution in [0.2, 0.25) is 0 Å². The normalized spacial score (nSPS) is 23.1. The number of piperazine rings is 1. The second-order valence-corrected chi connectivity index (χ2v) is 8.00. The third-order valence-electron chi connectivity index (χ3n) is 4.49. The van der Waals surface area contributed by atoms with E-state index < -0.39 is 32.4 Å². The van der Waals surface area contributed by atoms with Gasteiger partial charge >= 0.3 is 0 Å². The van der Waals surface area contributed by atoms with Crippen molar-refractivity contribution in [3.05, 3.63) is 29.6 Å². The molecular weight excluding hydrogens is 359 g/mol. The van der Waals surface area contributed by atoms with Crippen molar-refractivity contribution in [3.63, 3.8) is 0 Å². The van der Waals surface area contributed by atoms with Crippen molar-refractivity contribution in [2.75, 3.05) is 32.7 Å². The molecule has 0 aliphatic carbocycles. The Kier molecular flexibility index (Phi) is 5.03. The largest absolute Gasteiger partial charge is 0.336 e. The van der Waals surface area contributed by atoms with Gasteiger partial charge in [-0.3, -0.25) is 4.79 Å². The van der Waals surface area contributed by atoms with Crippen molar-refractivity contribution in [1.82, 2.24) is 14.5 Å². The third-order valence-corrected chi connectivity index (χ3v) is 6.40. The first-order valence-corrected chi connectivity index (χ1v) is 9.39. The number of halogens is 3. The summed E-state index contributed by atoms with van der Waals surface area (Å²) < 4.78 is 67.2. The number of nitrogens with one attached hydrogen (secondary N) is 1. The lowest BCUT2D eigenvalue weighted by molar-refractivity contribution is -0.135. The summed E-state index contributed by atoms with van der Waals surface area (Å²) in [4.78, 5) is 12.5. The molecule has 0 aromatic heterocycles. The third kappa shape index (κ3) is 3.51. The van der Waals surface area contributed by atoms with E-state index in [1.165, 1.54) is 0 Å². The van der Waals surface area contributed by atoms with Crippen molar-refractivity contribution in [3.8, 4) is 0 Å². The molecule has 10 heteroatoms. The number of carbonyl (C=O) groups is 1. The van der Waals surface area contributed by atoms with Gasteiger partial charge in [0.1, 0.15) is 17.5 Å². The Morgan fingerprint density at radius 3 is 2.44 bits per heavy atom. The maximum atomic E-state index is 13.9. The molecular formula is C15H18F3N3O3S. The molecule has 1 amide bonds. The molecule has 6 nitrogen and oxygen atoms in total. The average molecular weight is 377 g/mol. The van der Waals surface area contributed by atoms with Gasteiger partial charge in [-0.15, -0.1) is 0 Å². The van der Waals surface area contributed by atoms with Crippen LogP contribution in [0.4, 0.5) is 13.2 Å². The first kappa shape index (κ1) is 18.2. The van der Waals surface area contributed by atoms with E-state index in [2.05, 4.69) is 5.32 Å². The predicted octanol–water partition coefficient (Wildman–Crippen LogP) is 0.689. The molecule has 2 fully saturated rings. The summed E-state index contributed by atoms with van der Waals surface area (Å²) in [6.45, 7) is 1.30. The second kappa shape index (κ2) is 6.93. The zero-order chi connectivity index (χ0) is 18.2. The second-order valence-electron chi connectivity index (χ2n) is 6.12. The summed E-state index contributed by atoms with van der Waals surface area (Å²) >= 11 is 0. The van der Waals surface area contributed by atoms with Crippen molar-refractivity contribution in [1.29, 1.82) is 0 Å². The maximum absolute atomic E-state index is 13.9. The molecule has 25 heavy (non-hydrogen) atoms. The molecule has 1 aromatic rings. The van der Waals surface area contributed by atoms with Gasteiger partial charge in [0.05, 0.1) is 6.54 Å². The number of nitrogens with zero attached hydrogens (tertiary/aromatic N) is 2. The van der Waals surface area contributed by atoms with Crippen LogP contribution in [0.3, 0.4) is 0 Å². The molecule has 0 bridgehead atoms. The molecule has 0 saturated carbocycles. The molecule has 0 radical (unpaired) electrons. The Hall–Kier alpha value is -1.65. The van der Waals surface area contributed by atoms with E-state index in [1.54, 1.807) is 4.90 Å². The monoisotopic (exact) mass is 377 g/mol. The van der Waals surface area contributed by atoms with E-state index in [1.807, 2.05) is 0 Å². The lowest BCUT2D eigenvalue weighted by Crippen LogP contribution is -2.57. The van der Waals surface area contributed by atoms with Crippen LogP contribution in [-0.2, 0) is 14.8 Å². The summed E-state index contributed by atoms with van der Waals surface area (Å²) in [5.74, 6) is -4.23. The van der Waals surface area contributed by atoms with Gasteiger partial charge in [-0.1, -0.05) is 0 Å². The summed E-state index contributed by atoms with van der Waals surface area (Å²) in [5.41, 5.74) is 0. The minimum atomic E-state index is -4.47. The minimum absolute atomic E-state index is 0.0374. The molecule has 1 atom stereocenters. The van der Waals surface area contributed by atoms with Crippen LogP contribution in [0.5, 0.6) is 0 Å². The lowest BCUT2D eigenvalue weighted by atomic mass is 10.1. The van der Waals surface area contributed by atoms with Crippen LogP contribution >= 0.6 is 0 Å². The number of carbonyl (C=O) groups excluding carboxylic acids is 1. The van der Waals surface area contributed by atoms with Crippen LogP contribution < -0.4 is 5.32 Å². The Bertz CT molecular complexity index is 764. The summed E-state index contributed by atoms with van der Waals surface area (Å²) in [6, 6.07) is 0.346. The summed E-state index contributed by atoms with van der Waals surface area (Å²) in [5, 5.41) is 2.93. The molecule has 2 aliphatic rings. The standard InChI is InChI=1S/C15H18F3N3O3S/c16-10-6-12(17)15(13(18)7-10)25(23,24)20-4-1-2-11(9-20)21-5-3-19-8-14(21)22/h6-7,11,19H,1-5,8-9H2. The molecule has 138 valence electrons. The molecule has 2 aliphatic heterocycles. The van der Waals surface area contributed by atoms with Gasteiger partial charge in [0.15, 0.2) is 4.90 Å². The molecule has 3 rings (SSSR count). The Morgan fingerprint density at radius 1 is 1.12 bits per heavy atom. The molecule has 0 spiro atoms. The maximum Gasteiger partial charge on any atom is 0.249 e. The number of sulfonamides is 1. The average Bonchev–Trinajstić information content (AvgIpc) is 2.54. The number of benzene rings is 1. The predicted molar refractivity (Wildman–Crippen MR) is 82.7 cm³/mol. The van der Waals surface area contributed by atoms with Gasteiger partial charge in [0.25, 0.3) is 0 Å². The molecule has 1 aromatic carbocycles. The van der Waals surface area contributed by atoms with E-state index in [-0.39, 0.29) is 31.6 Å². The van der Waals surface area contributed by atoms with E-state index in [0.29, 0.717) is 38.1 Å². The number of amides is 1. The van der Waals surface area contributed by atoms with E-state index in [9.17, 15) is 26.4 Å². The van der Waals surface area contributed by atoms with Crippen LogP contribution in [0.1, 0.15) is 12.8 Å². The van der Waals surface area contributed by atoms with Gasteiger partial charge < -0.3 is 10.2 Å². The van der Waals surface area contributed by atoms with Gasteiger partial charge in [0.2, 0.25) is 15.9 Å². The van der Waals surface area contributed by atoms with Crippen molar-refractivity contribution in [2.24, 2.45) is 0 Å². The SMILES string of the molecule is O=C1CNCCN1C1CCCN(S(=O)(=O)c2c(F)cc(F)cc2F)C1. The highest BCUT2D eigenvalue weighted by Gasteiger charge is 2.37. The topological polar surface area (TPSA) is 69.7 Å². The smallest absolute Gasteiger partial charge is 0.249 e. The highest BCUT2D eigenvalue weighted by Crippen LogP contribution is 2.27. The Labute approximate surface area is 143 Å². The van der Waals surface area contributed by atoms with Gasteiger partial charge in [-0.2, -0.15) is 4.31 Å². The van der Waals surface area contributed by atoms with E-state index >= 15 is 0 Å². The fourth-order valence-electron chi connectivity index (χ4n) is 3.31. The fourth-order valence-corrected chi connectivity index (χ4v) is 4.91. The highest BCUT2D eigenvalue weighted by molar-refractivity contribution is 7.89. The van der Waals surface area contributed by atoms with Crippen LogP contribution in [-0.4, -0.2) is 62.3 Å². The van der Waals surface area contributed by atoms with E-state index in [0.717, 1.165) is 4.31 Å². The number of piperidine rings is 1. The van der Waals surface area contributed by atoms with Crippen molar-refractivity contribution >= 4 is 15.9 Å². The number of hydrogen-bond acceptors (Lipinski definition) is 4. The summed E-state index contributed by atoms with van der Waals surface area (Å²) in [7, 11) is -4.47.